The lowest BCUT2D eigenvalue weighted by atomic mass is 9.87. The molecule has 2 rings (SSSR count). The molecule has 106 valence electrons. The first kappa shape index (κ1) is 14.4. The van der Waals surface area contributed by atoms with Gasteiger partial charge in [0.2, 0.25) is 0 Å². The molecule has 2 N–H and O–H groups in total. The number of aryl methyl sites for hydroxylation is 1. The van der Waals surface area contributed by atoms with Crippen LogP contribution in [0, 0.1) is 12.8 Å². The van der Waals surface area contributed by atoms with Crippen molar-refractivity contribution in [3.8, 4) is 0 Å². The van der Waals surface area contributed by atoms with Gasteiger partial charge < -0.3 is 5.73 Å². The van der Waals surface area contributed by atoms with E-state index in [0.29, 0.717) is 16.5 Å². The predicted molar refractivity (Wildman–Crippen MR) is 78.8 cm³/mol. The quantitative estimate of drug-likeness (QED) is 0.865. The average Bonchev–Trinajstić information content (AvgIpc) is 2.38. The Morgan fingerprint density at radius 2 is 1.95 bits per heavy atom. The summed E-state index contributed by atoms with van der Waals surface area (Å²) in [4.78, 5) is 0.465. The van der Waals surface area contributed by atoms with Crippen LogP contribution in [-0.4, -0.2) is 13.7 Å². The highest BCUT2D eigenvalue weighted by Gasteiger charge is 2.36. The van der Waals surface area contributed by atoms with E-state index >= 15 is 0 Å². The molecule has 3 nitrogen and oxygen atoms in total. The van der Waals surface area contributed by atoms with E-state index in [1.807, 2.05) is 6.92 Å². The van der Waals surface area contributed by atoms with E-state index in [1.165, 1.54) is 0 Å². The predicted octanol–water partition coefficient (Wildman–Crippen LogP) is 3.32. The zero-order valence-electron chi connectivity index (χ0n) is 11.7. The Kier molecular flexibility index (Phi) is 4.19. The van der Waals surface area contributed by atoms with E-state index in [9.17, 15) is 8.42 Å². The van der Waals surface area contributed by atoms with E-state index < -0.39 is 9.84 Å². The molecule has 0 heterocycles. The van der Waals surface area contributed by atoms with Crippen LogP contribution in [0.25, 0.3) is 0 Å². The van der Waals surface area contributed by atoms with Gasteiger partial charge >= 0.3 is 0 Å². The molecule has 19 heavy (non-hydrogen) atoms. The lowest BCUT2D eigenvalue weighted by Crippen LogP contribution is -2.33. The average molecular weight is 281 g/mol. The van der Waals surface area contributed by atoms with E-state index in [1.54, 1.807) is 18.2 Å². The normalized spacial score (nSPS) is 24.3. The molecule has 1 aliphatic carbocycles. The van der Waals surface area contributed by atoms with Crippen LogP contribution in [0.2, 0.25) is 0 Å². The molecule has 0 bridgehead atoms. The van der Waals surface area contributed by atoms with E-state index in [2.05, 4.69) is 6.92 Å². The standard InChI is InChI=1S/C15H23NO2S/c1-3-12-6-4-5-7-15(12)19(17,18)14-9-8-13(16)10-11(14)2/h8-10,12,15H,3-7,16H2,1-2H3. The zero-order chi connectivity index (χ0) is 14.0. The number of sulfone groups is 1. The van der Waals surface area contributed by atoms with Gasteiger partial charge in [-0.3, -0.25) is 0 Å². The Bertz CT molecular complexity index is 551. The molecule has 0 aromatic heterocycles. The third-order valence-corrected chi connectivity index (χ3v) is 6.76. The summed E-state index contributed by atoms with van der Waals surface area (Å²) in [6.45, 7) is 3.92. The first-order chi connectivity index (χ1) is 8.96. The second kappa shape index (κ2) is 5.53. The lowest BCUT2D eigenvalue weighted by Gasteiger charge is -2.30. The number of nitrogens with two attached hydrogens (primary N) is 1. The minimum atomic E-state index is -3.23. The SMILES string of the molecule is CCC1CCCCC1S(=O)(=O)c1ccc(N)cc1C. The van der Waals surface area contributed by atoms with Gasteiger partial charge in [-0.2, -0.15) is 0 Å². The number of hydrogen-bond donors (Lipinski definition) is 1. The fraction of sp³-hybridized carbons (Fsp3) is 0.600. The smallest absolute Gasteiger partial charge is 0.181 e. The van der Waals surface area contributed by atoms with Crippen LogP contribution in [0.1, 0.15) is 44.6 Å². The Balaban J connectivity index is 2.40. The second-order valence-electron chi connectivity index (χ2n) is 5.56. The molecule has 0 aliphatic heterocycles. The summed E-state index contributed by atoms with van der Waals surface area (Å²) in [6, 6.07) is 5.10. The van der Waals surface area contributed by atoms with Gasteiger partial charge in [0.15, 0.2) is 9.84 Å². The molecule has 1 aromatic rings. The maximum absolute atomic E-state index is 12.8. The summed E-state index contributed by atoms with van der Waals surface area (Å²) in [6.07, 6.45) is 4.96. The van der Waals surface area contributed by atoms with Gasteiger partial charge in [0.25, 0.3) is 0 Å². The molecule has 1 saturated carbocycles. The van der Waals surface area contributed by atoms with Crippen LogP contribution < -0.4 is 5.73 Å². The highest BCUT2D eigenvalue weighted by molar-refractivity contribution is 7.92. The van der Waals surface area contributed by atoms with E-state index in [4.69, 9.17) is 5.73 Å². The molecule has 0 spiro atoms. The van der Waals surface area contributed by atoms with Crippen molar-refractivity contribution in [1.29, 1.82) is 0 Å². The topological polar surface area (TPSA) is 60.2 Å². The van der Waals surface area contributed by atoms with Crippen LogP contribution in [0.15, 0.2) is 23.1 Å². The summed E-state index contributed by atoms with van der Waals surface area (Å²) in [5.41, 5.74) is 7.09. The third kappa shape index (κ3) is 2.78. The van der Waals surface area contributed by atoms with Crippen molar-refractivity contribution in [2.75, 3.05) is 5.73 Å². The van der Waals surface area contributed by atoms with E-state index in [0.717, 1.165) is 37.7 Å². The summed E-state index contributed by atoms with van der Waals surface area (Å²) in [5.74, 6) is 0.302. The highest BCUT2D eigenvalue weighted by atomic mass is 32.2. The first-order valence-electron chi connectivity index (χ1n) is 7.07. The molecular weight excluding hydrogens is 258 g/mol. The molecule has 0 saturated heterocycles. The number of benzene rings is 1. The Morgan fingerprint density at radius 1 is 1.26 bits per heavy atom. The Morgan fingerprint density at radius 3 is 2.58 bits per heavy atom. The molecule has 1 aliphatic rings. The summed E-state index contributed by atoms with van der Waals surface area (Å²) in [7, 11) is -3.23. The molecule has 0 radical (unpaired) electrons. The van der Waals surface area contributed by atoms with Gasteiger partial charge in [-0.15, -0.1) is 0 Å². The summed E-state index contributed by atoms with van der Waals surface area (Å²) in [5, 5.41) is -0.214. The van der Waals surface area contributed by atoms with Gasteiger partial charge in [0.1, 0.15) is 0 Å². The maximum atomic E-state index is 12.8. The number of nitrogen functional groups attached to an aromatic ring is 1. The zero-order valence-corrected chi connectivity index (χ0v) is 12.5. The van der Waals surface area contributed by atoms with Crippen LogP contribution in [0.3, 0.4) is 0 Å². The lowest BCUT2D eigenvalue weighted by molar-refractivity contribution is 0.348. The number of hydrogen-bond acceptors (Lipinski definition) is 3. The largest absolute Gasteiger partial charge is 0.399 e. The number of rotatable bonds is 3. The summed E-state index contributed by atoms with van der Waals surface area (Å²) < 4.78 is 25.7. The van der Waals surface area contributed by atoms with Crippen LogP contribution in [-0.2, 0) is 9.84 Å². The van der Waals surface area contributed by atoms with Crippen molar-refractivity contribution in [1.82, 2.24) is 0 Å². The van der Waals surface area contributed by atoms with Crippen LogP contribution in [0.4, 0.5) is 5.69 Å². The van der Waals surface area contributed by atoms with Crippen LogP contribution in [0.5, 0.6) is 0 Å². The molecule has 2 unspecified atom stereocenters. The van der Waals surface area contributed by atoms with Gasteiger partial charge in [-0.05, 0) is 49.4 Å². The molecular formula is C15H23NO2S. The Hall–Kier alpha value is -1.03. The van der Waals surface area contributed by atoms with Crippen LogP contribution >= 0.6 is 0 Å². The van der Waals surface area contributed by atoms with Crippen molar-refractivity contribution >= 4 is 15.5 Å². The summed E-state index contributed by atoms with van der Waals surface area (Å²) >= 11 is 0. The fourth-order valence-corrected chi connectivity index (χ4v) is 5.61. The minimum absolute atomic E-state index is 0.214. The monoisotopic (exact) mass is 281 g/mol. The van der Waals surface area contributed by atoms with Gasteiger partial charge in [-0.1, -0.05) is 26.2 Å². The van der Waals surface area contributed by atoms with Gasteiger partial charge in [0.05, 0.1) is 10.1 Å². The second-order valence-corrected chi connectivity index (χ2v) is 7.70. The van der Waals surface area contributed by atoms with Crippen molar-refractivity contribution in [3.63, 3.8) is 0 Å². The van der Waals surface area contributed by atoms with E-state index in [-0.39, 0.29) is 5.25 Å². The molecule has 2 atom stereocenters. The van der Waals surface area contributed by atoms with Gasteiger partial charge in [0, 0.05) is 5.69 Å². The minimum Gasteiger partial charge on any atom is -0.399 e. The van der Waals surface area contributed by atoms with Crippen molar-refractivity contribution in [2.24, 2.45) is 5.92 Å². The molecule has 0 amide bonds. The number of anilines is 1. The van der Waals surface area contributed by atoms with Gasteiger partial charge in [-0.25, -0.2) is 8.42 Å². The highest BCUT2D eigenvalue weighted by Crippen LogP contribution is 2.36. The van der Waals surface area contributed by atoms with Crippen molar-refractivity contribution in [3.05, 3.63) is 23.8 Å². The first-order valence-corrected chi connectivity index (χ1v) is 8.61. The van der Waals surface area contributed by atoms with Crippen molar-refractivity contribution < 1.29 is 8.42 Å². The Labute approximate surface area is 116 Å². The fourth-order valence-electron chi connectivity index (χ4n) is 3.20. The maximum Gasteiger partial charge on any atom is 0.181 e. The van der Waals surface area contributed by atoms with Crippen molar-refractivity contribution in [2.45, 2.75) is 56.1 Å². The molecule has 1 fully saturated rings. The molecule has 1 aromatic carbocycles. The molecule has 4 heteroatoms. The third-order valence-electron chi connectivity index (χ3n) is 4.27.